The molecule has 0 bridgehead atoms. The van der Waals surface area contributed by atoms with Crippen LogP contribution >= 0.6 is 15.9 Å². The number of phenolic OH excluding ortho intramolecular Hbond substituents is 1. The van der Waals surface area contributed by atoms with Crippen LogP contribution in [-0.4, -0.2) is 25.8 Å². The summed E-state index contributed by atoms with van der Waals surface area (Å²) < 4.78 is 2.51. The van der Waals surface area contributed by atoms with E-state index in [1.807, 2.05) is 6.92 Å². The predicted octanol–water partition coefficient (Wildman–Crippen LogP) is 2.60. The van der Waals surface area contributed by atoms with Gasteiger partial charge in [0.25, 0.3) is 0 Å². The summed E-state index contributed by atoms with van der Waals surface area (Å²) in [5, 5.41) is 26.3. The Kier molecular flexibility index (Phi) is 3.66. The zero-order valence-electron chi connectivity index (χ0n) is 9.71. The molecule has 1 aromatic carbocycles. The monoisotopic (exact) mass is 309 g/mol. The maximum atomic E-state index is 9.82. The van der Waals surface area contributed by atoms with Crippen molar-refractivity contribution >= 4 is 21.6 Å². The van der Waals surface area contributed by atoms with Crippen LogP contribution in [0.5, 0.6) is 5.75 Å². The molecule has 0 amide bonds. The number of nitrogens with zero attached hydrogens (tertiary/aromatic N) is 3. The summed E-state index contributed by atoms with van der Waals surface area (Å²) in [5.41, 5.74) is 1.38. The van der Waals surface area contributed by atoms with Gasteiger partial charge >= 0.3 is 0 Å². The van der Waals surface area contributed by atoms with E-state index >= 15 is 0 Å². The Morgan fingerprint density at radius 2 is 2.28 bits per heavy atom. The van der Waals surface area contributed by atoms with Gasteiger partial charge in [-0.2, -0.15) is 5.10 Å². The lowest BCUT2D eigenvalue weighted by Gasteiger charge is -2.05. The van der Waals surface area contributed by atoms with Crippen molar-refractivity contribution in [2.24, 2.45) is 5.16 Å². The molecular formula is C12H12BrN3O2. The highest BCUT2D eigenvalue weighted by atomic mass is 79.9. The molecule has 0 atom stereocenters. The van der Waals surface area contributed by atoms with Crippen molar-refractivity contribution in [3.63, 3.8) is 0 Å². The molecule has 0 unspecified atom stereocenters. The number of benzene rings is 1. The Bertz CT molecular complexity index is 593. The first kappa shape index (κ1) is 12.6. The van der Waals surface area contributed by atoms with E-state index in [1.165, 1.54) is 6.07 Å². The SMILES string of the molecule is CCn1cc(C(=NO)c2cc(Br)ccc2O)cn1. The highest BCUT2D eigenvalue weighted by molar-refractivity contribution is 9.10. The summed E-state index contributed by atoms with van der Waals surface area (Å²) in [7, 11) is 0. The fourth-order valence-electron chi connectivity index (χ4n) is 1.62. The largest absolute Gasteiger partial charge is 0.507 e. The Morgan fingerprint density at radius 3 is 2.89 bits per heavy atom. The molecule has 2 rings (SSSR count). The molecule has 94 valence electrons. The lowest BCUT2D eigenvalue weighted by molar-refractivity contribution is 0.319. The van der Waals surface area contributed by atoms with Crippen LogP contribution < -0.4 is 0 Å². The highest BCUT2D eigenvalue weighted by Gasteiger charge is 2.14. The first-order chi connectivity index (χ1) is 8.65. The van der Waals surface area contributed by atoms with Crippen molar-refractivity contribution in [1.29, 1.82) is 0 Å². The van der Waals surface area contributed by atoms with Crippen molar-refractivity contribution in [2.45, 2.75) is 13.5 Å². The second-order valence-electron chi connectivity index (χ2n) is 3.69. The van der Waals surface area contributed by atoms with E-state index < -0.39 is 0 Å². The fourth-order valence-corrected chi connectivity index (χ4v) is 1.98. The van der Waals surface area contributed by atoms with Crippen LogP contribution in [0.25, 0.3) is 0 Å². The fraction of sp³-hybridized carbons (Fsp3) is 0.167. The Labute approximate surface area is 112 Å². The third-order valence-corrected chi connectivity index (χ3v) is 3.04. The molecular weight excluding hydrogens is 298 g/mol. The van der Waals surface area contributed by atoms with Crippen LogP contribution in [0.2, 0.25) is 0 Å². The van der Waals surface area contributed by atoms with Gasteiger partial charge in [-0.05, 0) is 25.1 Å². The van der Waals surface area contributed by atoms with Crippen LogP contribution in [0.15, 0.2) is 40.2 Å². The Morgan fingerprint density at radius 1 is 1.50 bits per heavy atom. The molecule has 1 heterocycles. The third kappa shape index (κ3) is 2.38. The third-order valence-electron chi connectivity index (χ3n) is 2.54. The number of rotatable bonds is 3. The van der Waals surface area contributed by atoms with E-state index in [-0.39, 0.29) is 11.5 Å². The van der Waals surface area contributed by atoms with Crippen molar-refractivity contribution < 1.29 is 10.3 Å². The smallest absolute Gasteiger partial charge is 0.125 e. The van der Waals surface area contributed by atoms with Gasteiger partial charge in [0.2, 0.25) is 0 Å². The average molecular weight is 310 g/mol. The number of aryl methyl sites for hydroxylation is 1. The summed E-state index contributed by atoms with van der Waals surface area (Å²) in [6.07, 6.45) is 3.36. The number of oxime groups is 1. The molecule has 0 radical (unpaired) electrons. The van der Waals surface area contributed by atoms with Gasteiger partial charge < -0.3 is 10.3 Å². The number of halogens is 1. The van der Waals surface area contributed by atoms with Crippen LogP contribution in [-0.2, 0) is 6.54 Å². The quantitative estimate of drug-likeness (QED) is 0.520. The molecule has 2 aromatic rings. The van der Waals surface area contributed by atoms with E-state index in [9.17, 15) is 5.11 Å². The molecule has 0 aliphatic carbocycles. The molecule has 0 aliphatic rings. The zero-order valence-corrected chi connectivity index (χ0v) is 11.3. The molecule has 0 aliphatic heterocycles. The van der Waals surface area contributed by atoms with E-state index in [4.69, 9.17) is 5.21 Å². The number of aromatic nitrogens is 2. The average Bonchev–Trinajstić information content (AvgIpc) is 2.83. The molecule has 2 N–H and O–H groups in total. The number of hydrogen-bond donors (Lipinski definition) is 2. The minimum absolute atomic E-state index is 0.0512. The summed E-state index contributed by atoms with van der Waals surface area (Å²) in [6.45, 7) is 2.69. The highest BCUT2D eigenvalue weighted by Crippen LogP contribution is 2.24. The first-order valence-corrected chi connectivity index (χ1v) is 6.18. The van der Waals surface area contributed by atoms with Crippen molar-refractivity contribution in [3.8, 4) is 5.75 Å². The summed E-state index contributed by atoms with van der Waals surface area (Å²) in [4.78, 5) is 0. The van der Waals surface area contributed by atoms with E-state index in [0.29, 0.717) is 11.1 Å². The van der Waals surface area contributed by atoms with E-state index in [2.05, 4.69) is 26.2 Å². The maximum Gasteiger partial charge on any atom is 0.125 e. The van der Waals surface area contributed by atoms with Crippen LogP contribution in [0.1, 0.15) is 18.1 Å². The minimum Gasteiger partial charge on any atom is -0.507 e. The first-order valence-electron chi connectivity index (χ1n) is 5.39. The molecule has 0 spiro atoms. The topological polar surface area (TPSA) is 70.6 Å². The molecule has 1 aromatic heterocycles. The molecule has 0 fully saturated rings. The van der Waals surface area contributed by atoms with Crippen LogP contribution in [0.4, 0.5) is 0 Å². The van der Waals surface area contributed by atoms with Gasteiger partial charge in [-0.3, -0.25) is 4.68 Å². The predicted molar refractivity (Wildman–Crippen MR) is 71.1 cm³/mol. The van der Waals surface area contributed by atoms with E-state index in [0.717, 1.165) is 11.0 Å². The summed E-state index contributed by atoms with van der Waals surface area (Å²) >= 11 is 3.32. The van der Waals surface area contributed by atoms with Gasteiger partial charge in [0, 0.05) is 28.3 Å². The lowest BCUT2D eigenvalue weighted by atomic mass is 10.0. The number of phenols is 1. The van der Waals surface area contributed by atoms with Gasteiger partial charge in [-0.25, -0.2) is 0 Å². The summed E-state index contributed by atoms with van der Waals surface area (Å²) in [5.74, 6) is 0.0512. The minimum atomic E-state index is 0.0512. The van der Waals surface area contributed by atoms with E-state index in [1.54, 1.807) is 29.2 Å². The molecule has 5 nitrogen and oxygen atoms in total. The Balaban J connectivity index is 2.49. The summed E-state index contributed by atoms with van der Waals surface area (Å²) in [6, 6.07) is 4.94. The number of hydrogen-bond acceptors (Lipinski definition) is 4. The maximum absolute atomic E-state index is 9.82. The van der Waals surface area contributed by atoms with Gasteiger partial charge in [-0.1, -0.05) is 21.1 Å². The standard InChI is InChI=1S/C12H12BrN3O2/c1-2-16-7-8(6-14-16)12(15-18)10-5-9(13)3-4-11(10)17/h3-7,17-18H,2H2,1H3. The molecule has 0 saturated carbocycles. The normalized spacial score (nSPS) is 11.8. The second-order valence-corrected chi connectivity index (χ2v) is 4.61. The van der Waals surface area contributed by atoms with Gasteiger partial charge in [-0.15, -0.1) is 0 Å². The van der Waals surface area contributed by atoms with Gasteiger partial charge in [0.15, 0.2) is 0 Å². The van der Waals surface area contributed by atoms with Crippen molar-refractivity contribution in [3.05, 3.63) is 46.2 Å². The van der Waals surface area contributed by atoms with Crippen molar-refractivity contribution in [1.82, 2.24) is 9.78 Å². The zero-order chi connectivity index (χ0) is 13.1. The molecule has 18 heavy (non-hydrogen) atoms. The van der Waals surface area contributed by atoms with Crippen LogP contribution in [0, 0.1) is 0 Å². The van der Waals surface area contributed by atoms with Crippen molar-refractivity contribution in [2.75, 3.05) is 0 Å². The number of aromatic hydroxyl groups is 1. The van der Waals surface area contributed by atoms with Gasteiger partial charge in [0.05, 0.1) is 6.20 Å². The molecule has 6 heteroatoms. The Hall–Kier alpha value is -1.82. The van der Waals surface area contributed by atoms with Crippen LogP contribution in [0.3, 0.4) is 0 Å². The second kappa shape index (κ2) is 5.22. The molecule has 0 saturated heterocycles. The van der Waals surface area contributed by atoms with Gasteiger partial charge in [0.1, 0.15) is 11.5 Å². The lowest BCUT2D eigenvalue weighted by Crippen LogP contribution is -2.03.